The van der Waals surface area contributed by atoms with E-state index in [2.05, 4.69) is 41.5 Å². The monoisotopic (exact) mass is 556 g/mol. The molecule has 0 bridgehead atoms. The van der Waals surface area contributed by atoms with Crippen molar-refractivity contribution in [3.05, 3.63) is 64.2 Å². The zero-order valence-corrected chi connectivity index (χ0v) is 24.8. The first kappa shape index (κ1) is 32.0. The summed E-state index contributed by atoms with van der Waals surface area (Å²) in [5.41, 5.74) is 2.48. The van der Waals surface area contributed by atoms with Gasteiger partial charge in [0.2, 0.25) is 0 Å². The zero-order chi connectivity index (χ0) is 28.2. The van der Waals surface area contributed by atoms with E-state index in [1.165, 1.54) is 0 Å². The Morgan fingerprint density at radius 2 is 1.19 bits per heavy atom. The van der Waals surface area contributed by atoms with Gasteiger partial charge in [-0.1, -0.05) is 77.9 Å². The van der Waals surface area contributed by atoms with Gasteiger partial charge in [-0.15, -0.1) is 0 Å². The lowest BCUT2D eigenvalue weighted by atomic mass is 9.73. The molecule has 0 heterocycles. The Bertz CT molecular complexity index is 1020. The van der Waals surface area contributed by atoms with Gasteiger partial charge >= 0.3 is 17.2 Å². The van der Waals surface area contributed by atoms with Crippen molar-refractivity contribution in [3.63, 3.8) is 0 Å². The number of hydrogen-bond donors (Lipinski definition) is 5. The van der Waals surface area contributed by atoms with Crippen LogP contribution in [0.25, 0.3) is 0 Å². The highest BCUT2D eigenvalue weighted by Crippen LogP contribution is 2.48. The molecule has 1 atom stereocenters. The van der Waals surface area contributed by atoms with Gasteiger partial charge in [0.25, 0.3) is 0 Å². The molecule has 0 aromatic heterocycles. The summed E-state index contributed by atoms with van der Waals surface area (Å²) >= 11 is 0. The molecule has 1 unspecified atom stereocenters. The highest BCUT2D eigenvalue weighted by molar-refractivity contribution is 7.39. The van der Waals surface area contributed by atoms with Crippen molar-refractivity contribution in [3.8, 4) is 5.75 Å². The van der Waals surface area contributed by atoms with Crippen LogP contribution in [0.5, 0.6) is 5.75 Å². The fraction of sp³-hybridized carbons (Fsp3) is 0.556. The van der Waals surface area contributed by atoms with Gasteiger partial charge in [0.15, 0.2) is 0 Å². The Morgan fingerprint density at radius 1 is 0.730 bits per heavy atom. The van der Waals surface area contributed by atoms with Crippen molar-refractivity contribution in [2.45, 2.75) is 72.3 Å². The van der Waals surface area contributed by atoms with Gasteiger partial charge in [-0.05, 0) is 52.5 Å². The molecule has 2 aromatic rings. The maximum Gasteiger partial charge on any atom is 0.327 e. The lowest BCUT2D eigenvalue weighted by molar-refractivity contribution is -0.0667. The van der Waals surface area contributed by atoms with Crippen LogP contribution in [0.2, 0.25) is 0 Å². The van der Waals surface area contributed by atoms with Crippen LogP contribution in [0, 0.1) is 19.3 Å². The zero-order valence-electron chi connectivity index (χ0n) is 23.0. The van der Waals surface area contributed by atoms with E-state index in [0.29, 0.717) is 5.75 Å². The minimum absolute atomic E-state index is 0.269. The third kappa shape index (κ3) is 8.15. The molecule has 37 heavy (non-hydrogen) atoms. The molecule has 0 radical (unpaired) electrons. The van der Waals surface area contributed by atoms with Gasteiger partial charge < -0.3 is 38.5 Å². The minimum atomic E-state index is -2.76. The number of benzene rings is 2. The Balaban J connectivity index is 2.92. The van der Waals surface area contributed by atoms with Crippen LogP contribution in [-0.4, -0.2) is 44.5 Å². The predicted molar refractivity (Wildman–Crippen MR) is 147 cm³/mol. The molecule has 10 heteroatoms. The van der Waals surface area contributed by atoms with Crippen LogP contribution in [-0.2, 0) is 19.9 Å². The standard InChI is InChI=1S/C27H42O8P2/c1-18-11-9-13-20(25(3,4)5)22(18)24(27(15-28,16-33-36(29)30)17-34-37(31)32)35-23-19(2)12-10-14-21(23)26(6,7)8/h9-14,24,28-32H,15-17H2,1-8H3. The van der Waals surface area contributed by atoms with E-state index >= 15 is 0 Å². The summed E-state index contributed by atoms with van der Waals surface area (Å²) in [6.07, 6.45) is -0.917. The first-order chi connectivity index (χ1) is 17.0. The molecule has 0 amide bonds. The van der Waals surface area contributed by atoms with Crippen LogP contribution in [0.4, 0.5) is 0 Å². The largest absolute Gasteiger partial charge is 0.484 e. The second-order valence-electron chi connectivity index (χ2n) is 11.6. The van der Waals surface area contributed by atoms with Crippen LogP contribution < -0.4 is 4.74 Å². The van der Waals surface area contributed by atoms with Crippen LogP contribution in [0.1, 0.15) is 75.5 Å². The Morgan fingerprint density at radius 3 is 1.62 bits per heavy atom. The minimum Gasteiger partial charge on any atom is -0.484 e. The molecule has 0 aliphatic carbocycles. The van der Waals surface area contributed by atoms with Crippen molar-refractivity contribution in [2.75, 3.05) is 19.8 Å². The third-order valence-corrected chi connectivity index (χ3v) is 7.18. The lowest BCUT2D eigenvalue weighted by Crippen LogP contribution is -2.45. The van der Waals surface area contributed by atoms with Gasteiger partial charge in [0, 0.05) is 0 Å². The normalized spacial score (nSPS) is 13.9. The first-order valence-electron chi connectivity index (χ1n) is 12.1. The molecule has 0 spiro atoms. The van der Waals surface area contributed by atoms with Gasteiger partial charge in [-0.3, -0.25) is 0 Å². The summed E-state index contributed by atoms with van der Waals surface area (Å²) in [5, 5.41) is 10.8. The number of aliphatic hydroxyl groups is 1. The summed E-state index contributed by atoms with van der Waals surface area (Å²) < 4.78 is 17.4. The second-order valence-corrected chi connectivity index (χ2v) is 13.1. The molecular formula is C27H42O8P2. The summed E-state index contributed by atoms with van der Waals surface area (Å²) in [6, 6.07) is 11.8. The molecule has 0 fully saturated rings. The Kier molecular flexibility index (Phi) is 11.1. The predicted octanol–water partition coefficient (Wildman–Crippen LogP) is 5.45. The van der Waals surface area contributed by atoms with Gasteiger partial charge in [-0.25, -0.2) is 0 Å². The Labute approximate surface area is 223 Å². The summed E-state index contributed by atoms with van der Waals surface area (Å²) in [4.78, 5) is 38.4. The number of hydrogen-bond acceptors (Lipinski definition) is 8. The fourth-order valence-corrected chi connectivity index (χ4v) is 5.18. The first-order valence-corrected chi connectivity index (χ1v) is 14.5. The van der Waals surface area contributed by atoms with Gasteiger partial charge in [0.1, 0.15) is 11.9 Å². The van der Waals surface area contributed by atoms with E-state index in [1.54, 1.807) is 0 Å². The van der Waals surface area contributed by atoms with Crippen LogP contribution in [0.15, 0.2) is 36.4 Å². The van der Waals surface area contributed by atoms with Crippen molar-refractivity contribution < 1.29 is 38.5 Å². The van der Waals surface area contributed by atoms with Gasteiger partial charge in [-0.2, -0.15) is 0 Å². The molecule has 2 aromatic carbocycles. The van der Waals surface area contributed by atoms with E-state index < -0.39 is 35.3 Å². The average Bonchev–Trinajstić information content (AvgIpc) is 2.77. The van der Waals surface area contributed by atoms with Crippen molar-refractivity contribution in [1.82, 2.24) is 0 Å². The van der Waals surface area contributed by atoms with Gasteiger partial charge in [0.05, 0.1) is 25.2 Å². The summed E-state index contributed by atoms with van der Waals surface area (Å²) in [7, 11) is -5.52. The number of rotatable bonds is 11. The van der Waals surface area contributed by atoms with Crippen molar-refractivity contribution in [2.24, 2.45) is 5.41 Å². The summed E-state index contributed by atoms with van der Waals surface area (Å²) in [5.74, 6) is 0.631. The van der Waals surface area contributed by atoms with E-state index in [9.17, 15) is 24.7 Å². The van der Waals surface area contributed by atoms with E-state index in [1.807, 2.05) is 50.2 Å². The number of aliphatic hydroxyl groups excluding tert-OH is 1. The molecule has 0 aliphatic heterocycles. The molecule has 0 saturated carbocycles. The Hall–Kier alpha value is -1.18. The van der Waals surface area contributed by atoms with E-state index in [-0.39, 0.29) is 24.0 Å². The molecule has 2 rings (SSSR count). The molecule has 8 nitrogen and oxygen atoms in total. The maximum absolute atomic E-state index is 10.8. The molecular weight excluding hydrogens is 514 g/mol. The molecule has 208 valence electrons. The van der Waals surface area contributed by atoms with Crippen LogP contribution in [0.3, 0.4) is 0 Å². The molecule has 0 aliphatic rings. The highest BCUT2D eigenvalue weighted by Gasteiger charge is 2.46. The SMILES string of the molecule is Cc1cccc(C(C)(C)C)c1OC(c1c(C)cccc1C(C)(C)C)C(CO)(COP(O)O)COP(O)O. The maximum atomic E-state index is 10.8. The van der Waals surface area contributed by atoms with E-state index in [4.69, 9.17) is 13.8 Å². The van der Waals surface area contributed by atoms with Crippen LogP contribution >= 0.6 is 17.2 Å². The third-order valence-electron chi connectivity index (χ3n) is 6.46. The smallest absolute Gasteiger partial charge is 0.327 e. The van der Waals surface area contributed by atoms with Crippen molar-refractivity contribution >= 4 is 17.2 Å². The average molecular weight is 557 g/mol. The lowest BCUT2D eigenvalue weighted by Gasteiger charge is -2.42. The molecule has 5 N–H and O–H groups in total. The van der Waals surface area contributed by atoms with Crippen molar-refractivity contribution in [1.29, 1.82) is 0 Å². The second kappa shape index (κ2) is 12.8. The number of ether oxygens (including phenoxy) is 1. The quantitative estimate of drug-likeness (QED) is 0.231. The fourth-order valence-electron chi connectivity index (χ4n) is 4.43. The number of para-hydroxylation sites is 1. The highest BCUT2D eigenvalue weighted by atomic mass is 31.2. The summed E-state index contributed by atoms with van der Waals surface area (Å²) in [6.45, 7) is 15.1. The topological polar surface area (TPSA) is 129 Å². The van der Waals surface area contributed by atoms with E-state index in [0.717, 1.165) is 27.8 Å². The number of aryl methyl sites for hydroxylation is 2. The molecule has 0 saturated heterocycles.